The van der Waals surface area contributed by atoms with Gasteiger partial charge in [0, 0.05) is 55.2 Å². The molecule has 0 saturated carbocycles. The summed E-state index contributed by atoms with van der Waals surface area (Å²) < 4.78 is 13.2. The van der Waals surface area contributed by atoms with Gasteiger partial charge in [0.2, 0.25) is 0 Å². The number of anilines is 1. The van der Waals surface area contributed by atoms with E-state index in [1.54, 1.807) is 35.9 Å². The number of nitrogens with zero attached hydrogens (tertiary/aromatic N) is 3. The quantitative estimate of drug-likeness (QED) is 0.651. The summed E-state index contributed by atoms with van der Waals surface area (Å²) >= 11 is 1.71. The van der Waals surface area contributed by atoms with Crippen LogP contribution < -0.4 is 10.2 Å². The molecule has 1 aliphatic rings. The molecule has 2 atom stereocenters. The number of piperazine rings is 1. The highest BCUT2D eigenvalue weighted by atomic mass is 32.1. The minimum absolute atomic E-state index is 0.0614. The van der Waals surface area contributed by atoms with Crippen LogP contribution in [0.15, 0.2) is 66.3 Å². The van der Waals surface area contributed by atoms with Crippen LogP contribution in [0.5, 0.6) is 0 Å². The average Bonchev–Trinajstić information content (AvgIpc) is 3.30. The van der Waals surface area contributed by atoms with Crippen molar-refractivity contribution in [2.75, 3.05) is 31.1 Å². The van der Waals surface area contributed by atoms with Gasteiger partial charge in [0.25, 0.3) is 5.91 Å². The van der Waals surface area contributed by atoms with E-state index in [0.29, 0.717) is 5.56 Å². The zero-order valence-electron chi connectivity index (χ0n) is 16.9. The molecule has 2 aromatic heterocycles. The van der Waals surface area contributed by atoms with Crippen molar-refractivity contribution >= 4 is 22.9 Å². The molecule has 0 bridgehead atoms. The minimum Gasteiger partial charge on any atom is -0.369 e. The molecular weight excluding hydrogens is 399 g/mol. The van der Waals surface area contributed by atoms with Gasteiger partial charge in [-0.05, 0) is 54.8 Å². The van der Waals surface area contributed by atoms with Gasteiger partial charge < -0.3 is 10.2 Å². The predicted octanol–water partition coefficient (Wildman–Crippen LogP) is 3.96. The third kappa shape index (κ3) is 4.68. The lowest BCUT2D eigenvalue weighted by Crippen LogP contribution is -2.52. The van der Waals surface area contributed by atoms with E-state index < -0.39 is 0 Å². The first-order chi connectivity index (χ1) is 14.6. The number of benzene rings is 1. The van der Waals surface area contributed by atoms with Crippen molar-refractivity contribution in [2.24, 2.45) is 0 Å². The molecule has 1 N–H and O–H groups in total. The fourth-order valence-corrected chi connectivity index (χ4v) is 4.94. The second-order valence-corrected chi connectivity index (χ2v) is 8.44. The van der Waals surface area contributed by atoms with Gasteiger partial charge >= 0.3 is 0 Å². The van der Waals surface area contributed by atoms with Crippen LogP contribution in [-0.4, -0.2) is 48.0 Å². The van der Waals surface area contributed by atoms with E-state index >= 15 is 0 Å². The van der Waals surface area contributed by atoms with Gasteiger partial charge in [-0.2, -0.15) is 0 Å². The number of thiophene rings is 1. The number of carbonyl (C=O) groups excluding carboxylic acids is 1. The van der Waals surface area contributed by atoms with Gasteiger partial charge in [-0.1, -0.05) is 6.07 Å². The highest BCUT2D eigenvalue weighted by molar-refractivity contribution is 7.10. The fraction of sp³-hybridized carbons (Fsp3) is 0.304. The summed E-state index contributed by atoms with van der Waals surface area (Å²) in [6, 6.07) is 14.4. The number of aromatic nitrogens is 1. The number of hydrogen-bond donors (Lipinski definition) is 1. The number of rotatable bonds is 6. The number of hydrogen-bond acceptors (Lipinski definition) is 5. The van der Waals surface area contributed by atoms with E-state index in [4.69, 9.17) is 0 Å². The second-order valence-electron chi connectivity index (χ2n) is 7.46. The van der Waals surface area contributed by atoms with Gasteiger partial charge in [-0.3, -0.25) is 14.7 Å². The van der Waals surface area contributed by atoms with Gasteiger partial charge in [0.05, 0.1) is 11.6 Å². The third-order valence-electron chi connectivity index (χ3n) is 5.49. The lowest BCUT2D eigenvalue weighted by molar-refractivity contribution is 0.0890. The Morgan fingerprint density at radius 3 is 2.50 bits per heavy atom. The van der Waals surface area contributed by atoms with E-state index in [-0.39, 0.29) is 23.8 Å². The summed E-state index contributed by atoms with van der Waals surface area (Å²) in [5.41, 5.74) is 1.61. The molecule has 4 rings (SSSR count). The van der Waals surface area contributed by atoms with Crippen molar-refractivity contribution in [1.82, 2.24) is 15.2 Å². The maximum atomic E-state index is 13.2. The van der Waals surface area contributed by atoms with Crippen LogP contribution in [0.1, 0.15) is 28.2 Å². The zero-order valence-corrected chi connectivity index (χ0v) is 17.7. The van der Waals surface area contributed by atoms with Crippen LogP contribution in [0.2, 0.25) is 0 Å². The Kier molecular flexibility index (Phi) is 6.40. The van der Waals surface area contributed by atoms with Crippen molar-refractivity contribution in [1.29, 1.82) is 0 Å². The molecule has 5 nitrogen and oxygen atoms in total. The van der Waals surface area contributed by atoms with Gasteiger partial charge in [-0.15, -0.1) is 11.3 Å². The Hall–Kier alpha value is -2.77. The zero-order chi connectivity index (χ0) is 20.9. The highest BCUT2D eigenvalue weighted by Gasteiger charge is 2.31. The summed E-state index contributed by atoms with van der Waals surface area (Å²) in [6.45, 7) is 5.51. The molecule has 0 spiro atoms. The highest BCUT2D eigenvalue weighted by Crippen LogP contribution is 2.30. The van der Waals surface area contributed by atoms with Gasteiger partial charge in [-0.25, -0.2) is 4.39 Å². The van der Waals surface area contributed by atoms with E-state index in [9.17, 15) is 9.18 Å². The topological polar surface area (TPSA) is 48.5 Å². The van der Waals surface area contributed by atoms with Crippen LogP contribution in [-0.2, 0) is 0 Å². The molecule has 0 aliphatic carbocycles. The van der Waals surface area contributed by atoms with Crippen LogP contribution in [0, 0.1) is 5.82 Å². The SMILES string of the molecule is C[C@@H](NC(=O)c1cccnc1)[C@@H](c1cccs1)N1CCN(c2ccc(F)cc2)CC1. The third-order valence-corrected chi connectivity index (χ3v) is 6.43. The Morgan fingerprint density at radius 2 is 1.87 bits per heavy atom. The summed E-state index contributed by atoms with van der Waals surface area (Å²) in [5, 5.41) is 5.24. The van der Waals surface area contributed by atoms with Crippen molar-refractivity contribution in [3.05, 3.63) is 82.6 Å². The maximum Gasteiger partial charge on any atom is 0.253 e. The Bertz CT molecular complexity index is 941. The summed E-state index contributed by atoms with van der Waals surface area (Å²) in [5.74, 6) is -0.324. The Morgan fingerprint density at radius 1 is 1.10 bits per heavy atom. The van der Waals surface area contributed by atoms with Crippen LogP contribution in [0.4, 0.5) is 10.1 Å². The molecule has 1 fully saturated rings. The molecule has 0 radical (unpaired) electrons. The molecule has 1 aliphatic heterocycles. The lowest BCUT2D eigenvalue weighted by atomic mass is 10.0. The molecular formula is C23H25FN4OS. The van der Waals surface area contributed by atoms with Crippen molar-refractivity contribution in [2.45, 2.75) is 19.0 Å². The van der Waals surface area contributed by atoms with E-state index in [2.05, 4.69) is 44.5 Å². The van der Waals surface area contributed by atoms with Gasteiger partial charge in [0.1, 0.15) is 5.82 Å². The van der Waals surface area contributed by atoms with Crippen molar-refractivity contribution < 1.29 is 9.18 Å². The van der Waals surface area contributed by atoms with Crippen LogP contribution in [0.25, 0.3) is 0 Å². The molecule has 3 aromatic rings. The van der Waals surface area contributed by atoms with E-state index in [1.807, 2.05) is 12.1 Å². The number of halogens is 1. The Balaban J connectivity index is 1.45. The smallest absolute Gasteiger partial charge is 0.253 e. The monoisotopic (exact) mass is 424 g/mol. The van der Waals surface area contributed by atoms with Crippen LogP contribution >= 0.6 is 11.3 Å². The number of carbonyl (C=O) groups is 1. The number of pyridine rings is 1. The molecule has 0 unspecified atom stereocenters. The Labute approximate surface area is 180 Å². The molecule has 1 saturated heterocycles. The first kappa shape index (κ1) is 20.5. The molecule has 30 heavy (non-hydrogen) atoms. The normalized spacial score (nSPS) is 16.8. The standard InChI is InChI=1S/C23H25FN4OS/c1-17(26-23(29)18-4-2-10-25-16-18)22(21-5-3-15-30-21)28-13-11-27(12-14-28)20-8-6-19(24)7-9-20/h2-10,15-17,22H,11-14H2,1H3,(H,26,29)/t17-,22+/m1/s1. The number of nitrogens with one attached hydrogen (secondary N) is 1. The van der Waals surface area contributed by atoms with Crippen LogP contribution in [0.3, 0.4) is 0 Å². The molecule has 1 aromatic carbocycles. The maximum absolute atomic E-state index is 13.2. The molecule has 1 amide bonds. The molecule has 3 heterocycles. The first-order valence-electron chi connectivity index (χ1n) is 10.1. The second kappa shape index (κ2) is 9.36. The molecule has 156 valence electrons. The van der Waals surface area contributed by atoms with Crippen molar-refractivity contribution in [3.63, 3.8) is 0 Å². The lowest BCUT2D eigenvalue weighted by Gasteiger charge is -2.42. The average molecular weight is 425 g/mol. The van der Waals surface area contributed by atoms with Crippen molar-refractivity contribution in [3.8, 4) is 0 Å². The van der Waals surface area contributed by atoms with E-state index in [1.165, 1.54) is 17.0 Å². The summed E-state index contributed by atoms with van der Waals surface area (Å²) in [7, 11) is 0. The summed E-state index contributed by atoms with van der Waals surface area (Å²) in [6.07, 6.45) is 3.25. The first-order valence-corrected chi connectivity index (χ1v) is 11.0. The molecule has 7 heteroatoms. The number of amides is 1. The van der Waals surface area contributed by atoms with Gasteiger partial charge in [0.15, 0.2) is 0 Å². The predicted molar refractivity (Wildman–Crippen MR) is 118 cm³/mol. The largest absolute Gasteiger partial charge is 0.369 e. The van der Waals surface area contributed by atoms with E-state index in [0.717, 1.165) is 31.9 Å². The summed E-state index contributed by atoms with van der Waals surface area (Å²) in [4.78, 5) is 22.7. The minimum atomic E-state index is -0.215. The fourth-order valence-electron chi connectivity index (χ4n) is 3.98.